The summed E-state index contributed by atoms with van der Waals surface area (Å²) in [6, 6.07) is 3.99. The van der Waals surface area contributed by atoms with Gasteiger partial charge in [0.25, 0.3) is 0 Å². The van der Waals surface area contributed by atoms with E-state index in [1.165, 1.54) is 9.71 Å². The van der Waals surface area contributed by atoms with E-state index in [0.29, 0.717) is 0 Å². The third kappa shape index (κ3) is 2.14. The van der Waals surface area contributed by atoms with E-state index >= 15 is 0 Å². The number of likely N-dealkylation sites (N-methyl/N-ethyl adjacent to an activating group) is 1. The molecule has 0 aliphatic rings. The number of nitrogens with zero attached hydrogens (tertiary/aromatic N) is 1. The van der Waals surface area contributed by atoms with Crippen LogP contribution in [0, 0.1) is 6.92 Å². The van der Waals surface area contributed by atoms with Crippen molar-refractivity contribution in [3.8, 4) is 0 Å². The standard InChI is InChI=1S/C11H13ClN2S/c1-7-8(12)3-4-9-11(7)14-10(15-9)5-6-13-2/h3-4,13H,5-6H2,1-2H3. The van der Waals surface area contributed by atoms with Crippen molar-refractivity contribution >= 4 is 33.2 Å². The molecule has 0 fully saturated rings. The molecular weight excluding hydrogens is 228 g/mol. The first kappa shape index (κ1) is 10.9. The number of aromatic nitrogens is 1. The van der Waals surface area contributed by atoms with E-state index < -0.39 is 0 Å². The number of rotatable bonds is 3. The Morgan fingerprint density at radius 1 is 1.47 bits per heavy atom. The van der Waals surface area contributed by atoms with Gasteiger partial charge in [0.1, 0.15) is 0 Å². The molecule has 0 aliphatic carbocycles. The summed E-state index contributed by atoms with van der Waals surface area (Å²) in [5.41, 5.74) is 2.14. The molecule has 0 saturated heterocycles. The van der Waals surface area contributed by atoms with Gasteiger partial charge in [0, 0.05) is 18.0 Å². The summed E-state index contributed by atoms with van der Waals surface area (Å²) in [5.74, 6) is 0. The van der Waals surface area contributed by atoms with Crippen LogP contribution in [0.5, 0.6) is 0 Å². The van der Waals surface area contributed by atoms with Crippen LogP contribution in [0.2, 0.25) is 5.02 Å². The fourth-order valence-electron chi connectivity index (χ4n) is 1.49. The van der Waals surface area contributed by atoms with Gasteiger partial charge in [-0.3, -0.25) is 0 Å². The van der Waals surface area contributed by atoms with E-state index in [0.717, 1.165) is 29.1 Å². The summed E-state index contributed by atoms with van der Waals surface area (Å²) in [4.78, 5) is 4.60. The second-order valence-corrected chi connectivity index (χ2v) is 5.00. The first-order valence-electron chi connectivity index (χ1n) is 4.91. The number of benzene rings is 1. The molecule has 15 heavy (non-hydrogen) atoms. The number of nitrogens with one attached hydrogen (secondary N) is 1. The fourth-order valence-corrected chi connectivity index (χ4v) is 2.66. The van der Waals surface area contributed by atoms with E-state index in [1.54, 1.807) is 11.3 Å². The van der Waals surface area contributed by atoms with Crippen molar-refractivity contribution in [2.24, 2.45) is 0 Å². The minimum atomic E-state index is 0.799. The molecule has 1 aromatic heterocycles. The van der Waals surface area contributed by atoms with Crippen molar-refractivity contribution in [1.29, 1.82) is 0 Å². The largest absolute Gasteiger partial charge is 0.319 e. The molecule has 4 heteroatoms. The first-order chi connectivity index (χ1) is 7.22. The Hall–Kier alpha value is -0.640. The molecule has 1 N–H and O–H groups in total. The van der Waals surface area contributed by atoms with Crippen LogP contribution in [0.4, 0.5) is 0 Å². The molecule has 0 saturated carbocycles. The van der Waals surface area contributed by atoms with Gasteiger partial charge in [-0.1, -0.05) is 11.6 Å². The van der Waals surface area contributed by atoms with Crippen LogP contribution in [0.1, 0.15) is 10.6 Å². The van der Waals surface area contributed by atoms with Gasteiger partial charge in [-0.05, 0) is 31.7 Å². The number of aryl methyl sites for hydroxylation is 1. The van der Waals surface area contributed by atoms with Crippen molar-refractivity contribution < 1.29 is 0 Å². The van der Waals surface area contributed by atoms with Gasteiger partial charge in [0.2, 0.25) is 0 Å². The average Bonchev–Trinajstić information content (AvgIpc) is 2.64. The molecule has 0 amide bonds. The lowest BCUT2D eigenvalue weighted by Gasteiger charge is -1.96. The molecule has 0 radical (unpaired) electrons. The van der Waals surface area contributed by atoms with Crippen molar-refractivity contribution in [2.75, 3.05) is 13.6 Å². The van der Waals surface area contributed by atoms with Gasteiger partial charge in [-0.15, -0.1) is 11.3 Å². The first-order valence-corrected chi connectivity index (χ1v) is 6.11. The molecule has 0 unspecified atom stereocenters. The van der Waals surface area contributed by atoms with E-state index in [9.17, 15) is 0 Å². The van der Waals surface area contributed by atoms with Crippen LogP contribution in [0.15, 0.2) is 12.1 Å². The maximum atomic E-state index is 6.05. The Labute approximate surface area is 98.3 Å². The molecule has 2 nitrogen and oxygen atoms in total. The summed E-state index contributed by atoms with van der Waals surface area (Å²) in [7, 11) is 1.95. The quantitative estimate of drug-likeness (QED) is 0.892. The van der Waals surface area contributed by atoms with Crippen LogP contribution in [-0.2, 0) is 6.42 Å². The topological polar surface area (TPSA) is 24.9 Å². The van der Waals surface area contributed by atoms with Gasteiger partial charge < -0.3 is 5.32 Å². The lowest BCUT2D eigenvalue weighted by molar-refractivity contribution is 0.789. The number of halogens is 1. The fraction of sp³-hybridized carbons (Fsp3) is 0.364. The second-order valence-electron chi connectivity index (χ2n) is 3.48. The zero-order valence-corrected chi connectivity index (χ0v) is 10.4. The normalized spacial score (nSPS) is 11.1. The number of hydrogen-bond acceptors (Lipinski definition) is 3. The Bertz CT molecular complexity index is 479. The predicted octanol–water partition coefficient (Wildman–Crippen LogP) is 3.02. The zero-order valence-electron chi connectivity index (χ0n) is 8.80. The van der Waals surface area contributed by atoms with Gasteiger partial charge in [-0.25, -0.2) is 4.98 Å². The summed E-state index contributed by atoms with van der Waals surface area (Å²) in [6.45, 7) is 2.98. The lowest BCUT2D eigenvalue weighted by Crippen LogP contribution is -2.09. The van der Waals surface area contributed by atoms with Crippen molar-refractivity contribution in [2.45, 2.75) is 13.3 Å². The molecular formula is C11H13ClN2S. The molecule has 1 aromatic carbocycles. The Kier molecular flexibility index (Phi) is 3.24. The average molecular weight is 241 g/mol. The smallest absolute Gasteiger partial charge is 0.0951 e. The second kappa shape index (κ2) is 4.47. The summed E-state index contributed by atoms with van der Waals surface area (Å²) >= 11 is 7.80. The Balaban J connectivity index is 2.42. The maximum Gasteiger partial charge on any atom is 0.0951 e. The molecule has 2 aromatic rings. The third-order valence-electron chi connectivity index (χ3n) is 2.38. The van der Waals surface area contributed by atoms with Crippen molar-refractivity contribution in [3.05, 3.63) is 27.7 Å². The maximum absolute atomic E-state index is 6.05. The summed E-state index contributed by atoms with van der Waals surface area (Å²) < 4.78 is 1.23. The Morgan fingerprint density at radius 2 is 2.27 bits per heavy atom. The van der Waals surface area contributed by atoms with Crippen molar-refractivity contribution in [1.82, 2.24) is 10.3 Å². The number of fused-ring (bicyclic) bond motifs is 1. The summed E-state index contributed by atoms with van der Waals surface area (Å²) in [5, 5.41) is 5.10. The van der Waals surface area contributed by atoms with E-state index in [1.807, 2.05) is 26.1 Å². The van der Waals surface area contributed by atoms with Crippen LogP contribution >= 0.6 is 22.9 Å². The number of hydrogen-bond donors (Lipinski definition) is 1. The highest BCUT2D eigenvalue weighted by molar-refractivity contribution is 7.18. The summed E-state index contributed by atoms with van der Waals surface area (Å²) in [6.07, 6.45) is 0.979. The minimum absolute atomic E-state index is 0.799. The van der Waals surface area contributed by atoms with E-state index in [4.69, 9.17) is 11.6 Å². The van der Waals surface area contributed by atoms with Crippen LogP contribution in [0.3, 0.4) is 0 Å². The van der Waals surface area contributed by atoms with E-state index in [-0.39, 0.29) is 0 Å². The molecule has 0 spiro atoms. The van der Waals surface area contributed by atoms with Crippen LogP contribution in [0.25, 0.3) is 10.2 Å². The van der Waals surface area contributed by atoms with Gasteiger partial charge in [-0.2, -0.15) is 0 Å². The minimum Gasteiger partial charge on any atom is -0.319 e. The highest BCUT2D eigenvalue weighted by atomic mass is 35.5. The van der Waals surface area contributed by atoms with E-state index in [2.05, 4.69) is 10.3 Å². The predicted molar refractivity (Wildman–Crippen MR) is 67.0 cm³/mol. The highest BCUT2D eigenvalue weighted by Gasteiger charge is 2.07. The van der Waals surface area contributed by atoms with Gasteiger partial charge in [0.15, 0.2) is 0 Å². The SMILES string of the molecule is CNCCc1nc2c(C)c(Cl)ccc2s1. The molecule has 1 heterocycles. The third-order valence-corrected chi connectivity index (χ3v) is 3.87. The molecule has 0 bridgehead atoms. The molecule has 0 atom stereocenters. The monoisotopic (exact) mass is 240 g/mol. The Morgan fingerprint density at radius 3 is 3.00 bits per heavy atom. The lowest BCUT2D eigenvalue weighted by atomic mass is 10.2. The van der Waals surface area contributed by atoms with Gasteiger partial charge >= 0.3 is 0 Å². The van der Waals surface area contributed by atoms with Crippen molar-refractivity contribution in [3.63, 3.8) is 0 Å². The van der Waals surface area contributed by atoms with Crippen LogP contribution < -0.4 is 5.32 Å². The van der Waals surface area contributed by atoms with Crippen LogP contribution in [-0.4, -0.2) is 18.6 Å². The number of thiazole rings is 1. The highest BCUT2D eigenvalue weighted by Crippen LogP contribution is 2.29. The molecule has 80 valence electrons. The zero-order chi connectivity index (χ0) is 10.8. The van der Waals surface area contributed by atoms with Gasteiger partial charge in [0.05, 0.1) is 15.2 Å². The molecule has 2 rings (SSSR count). The molecule has 0 aliphatic heterocycles.